The molecule has 0 aliphatic heterocycles. The number of carboxylic acid groups (broad SMARTS) is 1. The summed E-state index contributed by atoms with van der Waals surface area (Å²) in [4.78, 5) is 22.9. The van der Waals surface area contributed by atoms with Crippen LogP contribution in [0.5, 0.6) is 0 Å². The number of nitrogens with one attached hydrogen (secondary N) is 1. The van der Waals surface area contributed by atoms with Crippen LogP contribution < -0.4 is 5.32 Å². The van der Waals surface area contributed by atoms with Crippen molar-refractivity contribution in [2.75, 3.05) is 0 Å². The first-order valence-corrected chi connectivity index (χ1v) is 7.20. The molecule has 1 aromatic rings. The van der Waals surface area contributed by atoms with E-state index in [9.17, 15) is 9.59 Å². The molecule has 108 valence electrons. The van der Waals surface area contributed by atoms with Crippen LogP contribution in [0, 0.1) is 5.92 Å². The van der Waals surface area contributed by atoms with Crippen molar-refractivity contribution in [3.63, 3.8) is 0 Å². The maximum atomic E-state index is 11.7. The van der Waals surface area contributed by atoms with Gasteiger partial charge in [-0.1, -0.05) is 48.3 Å². The Kier molecular flexibility index (Phi) is 6.45. The molecule has 0 aromatic heterocycles. The van der Waals surface area contributed by atoms with Gasteiger partial charge in [0.25, 0.3) is 0 Å². The van der Waals surface area contributed by atoms with Crippen molar-refractivity contribution in [3.05, 3.63) is 40.4 Å². The van der Waals surface area contributed by atoms with E-state index in [1.807, 2.05) is 31.2 Å². The van der Waals surface area contributed by atoms with Gasteiger partial charge in [0.05, 0.1) is 0 Å². The zero-order chi connectivity index (χ0) is 15.1. The maximum absolute atomic E-state index is 11.7. The van der Waals surface area contributed by atoms with E-state index in [0.29, 0.717) is 6.42 Å². The third-order valence-corrected chi connectivity index (χ3v) is 3.60. The van der Waals surface area contributed by atoms with Crippen LogP contribution in [0.2, 0.25) is 0 Å². The van der Waals surface area contributed by atoms with Crippen molar-refractivity contribution in [1.29, 1.82) is 0 Å². The standard InChI is InChI=1S/C15H18BrNO3/c1-3-10(2)14(15(19)20)17-13(18)9-6-11-4-7-12(16)8-5-11/h4-10,14H,3H2,1-2H3,(H,17,18)(H,19,20)/b9-6+. The molecule has 0 aliphatic carbocycles. The van der Waals surface area contributed by atoms with Crippen LogP contribution in [0.1, 0.15) is 25.8 Å². The van der Waals surface area contributed by atoms with Gasteiger partial charge in [-0.25, -0.2) is 4.79 Å². The van der Waals surface area contributed by atoms with E-state index in [2.05, 4.69) is 21.2 Å². The van der Waals surface area contributed by atoms with Crippen molar-refractivity contribution in [1.82, 2.24) is 5.32 Å². The molecule has 0 heterocycles. The number of carbonyl (C=O) groups is 2. The number of benzene rings is 1. The molecular weight excluding hydrogens is 322 g/mol. The summed E-state index contributed by atoms with van der Waals surface area (Å²) in [6.45, 7) is 3.70. The number of carboxylic acids is 1. The molecule has 4 nitrogen and oxygen atoms in total. The Morgan fingerprint density at radius 3 is 2.45 bits per heavy atom. The fourth-order valence-electron chi connectivity index (χ4n) is 1.63. The van der Waals surface area contributed by atoms with Crippen LogP contribution >= 0.6 is 15.9 Å². The number of hydrogen-bond acceptors (Lipinski definition) is 2. The molecule has 0 bridgehead atoms. The Morgan fingerprint density at radius 1 is 1.35 bits per heavy atom. The van der Waals surface area contributed by atoms with E-state index < -0.39 is 17.9 Å². The fraction of sp³-hybridized carbons (Fsp3) is 0.333. The molecule has 1 amide bonds. The molecule has 0 radical (unpaired) electrons. The fourth-order valence-corrected chi connectivity index (χ4v) is 1.89. The number of amides is 1. The summed E-state index contributed by atoms with van der Waals surface area (Å²) in [5.74, 6) is -1.53. The second-order valence-electron chi connectivity index (χ2n) is 4.59. The first-order chi connectivity index (χ1) is 9.43. The molecular formula is C15H18BrNO3. The molecule has 2 N–H and O–H groups in total. The Balaban J connectivity index is 2.66. The lowest BCUT2D eigenvalue weighted by molar-refractivity contribution is -0.142. The van der Waals surface area contributed by atoms with E-state index >= 15 is 0 Å². The molecule has 5 heteroatoms. The Bertz CT molecular complexity index is 496. The maximum Gasteiger partial charge on any atom is 0.326 e. The smallest absolute Gasteiger partial charge is 0.326 e. The van der Waals surface area contributed by atoms with Crippen molar-refractivity contribution in [2.24, 2.45) is 5.92 Å². The van der Waals surface area contributed by atoms with Crippen molar-refractivity contribution < 1.29 is 14.7 Å². The molecule has 0 saturated heterocycles. The van der Waals surface area contributed by atoms with Crippen LogP contribution in [0.15, 0.2) is 34.8 Å². The Morgan fingerprint density at radius 2 is 1.95 bits per heavy atom. The molecule has 2 unspecified atom stereocenters. The molecule has 0 saturated carbocycles. The molecule has 20 heavy (non-hydrogen) atoms. The monoisotopic (exact) mass is 339 g/mol. The minimum Gasteiger partial charge on any atom is -0.480 e. The minimum atomic E-state index is -1.01. The lowest BCUT2D eigenvalue weighted by Gasteiger charge is -2.19. The summed E-state index contributed by atoms with van der Waals surface area (Å²) in [6.07, 6.45) is 3.69. The third-order valence-electron chi connectivity index (χ3n) is 3.07. The highest BCUT2D eigenvalue weighted by Crippen LogP contribution is 2.12. The second kappa shape index (κ2) is 7.85. The van der Waals surface area contributed by atoms with Gasteiger partial charge in [0.2, 0.25) is 5.91 Å². The summed E-state index contributed by atoms with van der Waals surface area (Å²) in [7, 11) is 0. The Hall–Kier alpha value is -1.62. The van der Waals surface area contributed by atoms with Crippen LogP contribution in [-0.2, 0) is 9.59 Å². The summed E-state index contributed by atoms with van der Waals surface area (Å²) >= 11 is 3.33. The molecule has 0 aliphatic rings. The van der Waals surface area contributed by atoms with Crippen molar-refractivity contribution >= 4 is 33.9 Å². The van der Waals surface area contributed by atoms with E-state index in [1.165, 1.54) is 6.08 Å². The number of aliphatic carboxylic acids is 1. The lowest BCUT2D eigenvalue weighted by atomic mass is 9.99. The molecule has 2 atom stereocenters. The average Bonchev–Trinajstić information content (AvgIpc) is 2.43. The number of hydrogen-bond donors (Lipinski definition) is 2. The van der Waals surface area contributed by atoms with Crippen molar-refractivity contribution in [2.45, 2.75) is 26.3 Å². The number of rotatable bonds is 6. The number of halogens is 1. The largest absolute Gasteiger partial charge is 0.480 e. The highest BCUT2D eigenvalue weighted by molar-refractivity contribution is 9.10. The summed E-state index contributed by atoms with van der Waals surface area (Å²) in [6, 6.07) is 6.60. The predicted molar refractivity (Wildman–Crippen MR) is 82.2 cm³/mol. The summed E-state index contributed by atoms with van der Waals surface area (Å²) in [5, 5.41) is 11.6. The highest BCUT2D eigenvalue weighted by Gasteiger charge is 2.24. The topological polar surface area (TPSA) is 66.4 Å². The van der Waals surface area contributed by atoms with E-state index in [4.69, 9.17) is 5.11 Å². The lowest BCUT2D eigenvalue weighted by Crippen LogP contribution is -2.44. The van der Waals surface area contributed by atoms with Gasteiger partial charge in [0, 0.05) is 10.5 Å². The van der Waals surface area contributed by atoms with Gasteiger partial charge in [0.1, 0.15) is 6.04 Å². The van der Waals surface area contributed by atoms with Crippen LogP contribution in [-0.4, -0.2) is 23.0 Å². The average molecular weight is 340 g/mol. The van der Waals surface area contributed by atoms with Crippen LogP contribution in [0.4, 0.5) is 0 Å². The number of carbonyl (C=O) groups excluding carboxylic acids is 1. The van der Waals surface area contributed by atoms with Crippen LogP contribution in [0.3, 0.4) is 0 Å². The first-order valence-electron chi connectivity index (χ1n) is 6.41. The SMILES string of the molecule is CCC(C)C(NC(=O)/C=C/c1ccc(Br)cc1)C(=O)O. The highest BCUT2D eigenvalue weighted by atomic mass is 79.9. The zero-order valence-electron chi connectivity index (χ0n) is 11.5. The normalized spacial score (nSPS) is 13.9. The molecule has 1 aromatic carbocycles. The van der Waals surface area contributed by atoms with Gasteiger partial charge in [-0.2, -0.15) is 0 Å². The summed E-state index contributed by atoms with van der Waals surface area (Å²) < 4.78 is 0.960. The molecule has 1 rings (SSSR count). The second-order valence-corrected chi connectivity index (χ2v) is 5.51. The molecule has 0 fully saturated rings. The van der Waals surface area contributed by atoms with Gasteiger partial charge in [-0.15, -0.1) is 0 Å². The van der Waals surface area contributed by atoms with Gasteiger partial charge in [-0.05, 0) is 29.7 Å². The summed E-state index contributed by atoms with van der Waals surface area (Å²) in [5.41, 5.74) is 0.874. The predicted octanol–water partition coefficient (Wildman–Crippen LogP) is 3.08. The van der Waals surface area contributed by atoms with Crippen LogP contribution in [0.25, 0.3) is 6.08 Å². The third kappa shape index (κ3) is 5.17. The molecule has 0 spiro atoms. The van der Waals surface area contributed by atoms with E-state index in [1.54, 1.807) is 13.0 Å². The Labute approximate surface area is 127 Å². The zero-order valence-corrected chi connectivity index (χ0v) is 13.1. The van der Waals surface area contributed by atoms with Crippen molar-refractivity contribution in [3.8, 4) is 0 Å². The van der Waals surface area contributed by atoms with Gasteiger partial charge in [-0.3, -0.25) is 4.79 Å². The van der Waals surface area contributed by atoms with Gasteiger partial charge < -0.3 is 10.4 Å². The first kappa shape index (κ1) is 16.4. The quantitative estimate of drug-likeness (QED) is 0.782. The van der Waals surface area contributed by atoms with E-state index in [0.717, 1.165) is 10.0 Å². The van der Waals surface area contributed by atoms with E-state index in [-0.39, 0.29) is 5.92 Å². The van der Waals surface area contributed by atoms with Gasteiger partial charge in [0.15, 0.2) is 0 Å². The van der Waals surface area contributed by atoms with Gasteiger partial charge >= 0.3 is 5.97 Å². The minimum absolute atomic E-state index is 0.113.